The quantitative estimate of drug-likeness (QED) is 0.288. The van der Waals surface area contributed by atoms with E-state index in [1.807, 2.05) is 18.0 Å². The van der Waals surface area contributed by atoms with Crippen LogP contribution in [-0.2, 0) is 5.41 Å². The maximum atomic E-state index is 4.68. The van der Waals surface area contributed by atoms with Gasteiger partial charge in [0.1, 0.15) is 0 Å². The third-order valence-electron chi connectivity index (χ3n) is 5.52. The van der Waals surface area contributed by atoms with E-state index in [0.29, 0.717) is 0 Å². The van der Waals surface area contributed by atoms with Gasteiger partial charge in [0, 0.05) is 21.6 Å². The Morgan fingerprint density at radius 1 is 0.655 bits per heavy atom. The van der Waals surface area contributed by atoms with Gasteiger partial charge in [-0.2, -0.15) is 0 Å². The fourth-order valence-corrected chi connectivity index (χ4v) is 4.98. The SMILES string of the molecule is CC(C)(C)c1ccnc(-c2ccc3c(c2)-c2ccccc2-c2ccccc2S3)c1. The van der Waals surface area contributed by atoms with E-state index >= 15 is 0 Å². The van der Waals surface area contributed by atoms with E-state index < -0.39 is 0 Å². The third kappa shape index (κ3) is 3.28. The molecule has 1 aromatic heterocycles. The molecule has 0 unspecified atom stereocenters. The minimum atomic E-state index is 0.105. The fraction of sp³-hybridized carbons (Fsp3) is 0.148. The van der Waals surface area contributed by atoms with Crippen molar-refractivity contribution in [2.24, 2.45) is 0 Å². The molecule has 0 aliphatic carbocycles. The Kier molecular flexibility index (Phi) is 4.33. The summed E-state index contributed by atoms with van der Waals surface area (Å²) in [6, 6.07) is 28.5. The zero-order valence-electron chi connectivity index (χ0n) is 16.9. The Morgan fingerprint density at radius 2 is 1.31 bits per heavy atom. The normalized spacial score (nSPS) is 12.5. The van der Waals surface area contributed by atoms with Crippen molar-refractivity contribution in [3.63, 3.8) is 0 Å². The topological polar surface area (TPSA) is 12.9 Å². The van der Waals surface area contributed by atoms with Gasteiger partial charge in [-0.15, -0.1) is 0 Å². The Morgan fingerprint density at radius 3 is 2.07 bits per heavy atom. The highest BCUT2D eigenvalue weighted by atomic mass is 32.2. The van der Waals surface area contributed by atoms with Crippen molar-refractivity contribution in [2.45, 2.75) is 36.0 Å². The van der Waals surface area contributed by atoms with Gasteiger partial charge in [0.15, 0.2) is 0 Å². The predicted octanol–water partition coefficient (Wildman–Crippen LogP) is 7.84. The Balaban J connectivity index is 1.70. The lowest BCUT2D eigenvalue weighted by atomic mass is 9.86. The van der Waals surface area contributed by atoms with Gasteiger partial charge in [0.25, 0.3) is 0 Å². The molecular formula is C27H23NS. The number of hydrogen-bond donors (Lipinski definition) is 0. The molecule has 0 fully saturated rings. The first-order valence-corrected chi connectivity index (χ1v) is 10.8. The maximum Gasteiger partial charge on any atom is 0.0705 e. The smallest absolute Gasteiger partial charge is 0.0705 e. The van der Waals surface area contributed by atoms with Crippen molar-refractivity contribution in [2.75, 3.05) is 0 Å². The fourth-order valence-electron chi connectivity index (χ4n) is 3.89. The molecule has 4 aromatic rings. The highest BCUT2D eigenvalue weighted by molar-refractivity contribution is 7.99. The minimum Gasteiger partial charge on any atom is -0.256 e. The largest absolute Gasteiger partial charge is 0.256 e. The molecule has 0 N–H and O–H groups in total. The van der Waals surface area contributed by atoms with E-state index in [0.717, 1.165) is 11.3 Å². The van der Waals surface area contributed by atoms with Crippen LogP contribution in [0.15, 0.2) is 94.9 Å². The molecule has 1 nitrogen and oxygen atoms in total. The van der Waals surface area contributed by atoms with E-state index in [4.69, 9.17) is 0 Å². The van der Waals surface area contributed by atoms with E-state index in [9.17, 15) is 0 Å². The number of rotatable bonds is 1. The molecular weight excluding hydrogens is 370 g/mol. The third-order valence-corrected chi connectivity index (χ3v) is 6.67. The second-order valence-electron chi connectivity index (χ2n) is 8.53. The van der Waals surface area contributed by atoms with Crippen LogP contribution in [0.5, 0.6) is 0 Å². The van der Waals surface area contributed by atoms with Crippen LogP contribution in [-0.4, -0.2) is 4.98 Å². The monoisotopic (exact) mass is 393 g/mol. The van der Waals surface area contributed by atoms with E-state index in [2.05, 4.69) is 105 Å². The second kappa shape index (κ2) is 6.89. The van der Waals surface area contributed by atoms with Crippen LogP contribution in [0.2, 0.25) is 0 Å². The molecule has 0 atom stereocenters. The van der Waals surface area contributed by atoms with Gasteiger partial charge < -0.3 is 0 Å². The number of nitrogens with zero attached hydrogens (tertiary/aromatic N) is 1. The summed E-state index contributed by atoms with van der Waals surface area (Å²) < 4.78 is 0. The molecule has 0 spiro atoms. The molecule has 2 heterocycles. The van der Waals surface area contributed by atoms with E-state index in [-0.39, 0.29) is 5.41 Å². The molecule has 0 radical (unpaired) electrons. The molecule has 0 amide bonds. The number of pyridine rings is 1. The van der Waals surface area contributed by atoms with Crippen LogP contribution in [0.25, 0.3) is 33.5 Å². The molecule has 1 aliphatic rings. The van der Waals surface area contributed by atoms with Crippen molar-refractivity contribution in [3.05, 3.63) is 90.6 Å². The number of fused-ring (bicyclic) bond motifs is 5. The lowest BCUT2D eigenvalue weighted by Crippen LogP contribution is -2.11. The van der Waals surface area contributed by atoms with Gasteiger partial charge in [-0.1, -0.05) is 81.1 Å². The summed E-state index contributed by atoms with van der Waals surface area (Å²) >= 11 is 1.85. The van der Waals surface area contributed by atoms with Crippen LogP contribution in [0, 0.1) is 0 Å². The summed E-state index contributed by atoms with van der Waals surface area (Å²) in [6.07, 6.45) is 1.93. The molecule has 1 aliphatic heterocycles. The molecule has 142 valence electrons. The van der Waals surface area contributed by atoms with Crippen molar-refractivity contribution >= 4 is 11.8 Å². The summed E-state index contributed by atoms with van der Waals surface area (Å²) in [5.74, 6) is 0. The summed E-state index contributed by atoms with van der Waals surface area (Å²) in [7, 11) is 0. The van der Waals surface area contributed by atoms with Crippen molar-refractivity contribution < 1.29 is 0 Å². The van der Waals surface area contributed by atoms with Crippen molar-refractivity contribution in [1.29, 1.82) is 0 Å². The highest BCUT2D eigenvalue weighted by Gasteiger charge is 2.20. The van der Waals surface area contributed by atoms with E-state index in [1.54, 1.807) is 0 Å². The number of aromatic nitrogens is 1. The average Bonchev–Trinajstić information content (AvgIpc) is 2.87. The maximum absolute atomic E-state index is 4.68. The Labute approximate surface area is 176 Å². The number of benzene rings is 3. The molecule has 5 rings (SSSR count). The van der Waals surface area contributed by atoms with Gasteiger partial charge >= 0.3 is 0 Å². The first kappa shape index (κ1) is 18.2. The zero-order valence-corrected chi connectivity index (χ0v) is 17.8. The summed E-state index contributed by atoms with van der Waals surface area (Å²) in [5.41, 5.74) is 8.77. The first-order valence-electron chi connectivity index (χ1n) is 9.98. The van der Waals surface area contributed by atoms with Crippen LogP contribution >= 0.6 is 11.8 Å². The average molecular weight is 394 g/mol. The highest BCUT2D eigenvalue weighted by Crippen LogP contribution is 2.48. The van der Waals surface area contributed by atoms with Crippen molar-refractivity contribution in [3.8, 4) is 33.5 Å². The minimum absolute atomic E-state index is 0.105. The molecule has 0 bridgehead atoms. The second-order valence-corrected chi connectivity index (χ2v) is 9.62. The lowest BCUT2D eigenvalue weighted by Gasteiger charge is -2.19. The van der Waals surface area contributed by atoms with Crippen LogP contribution in [0.3, 0.4) is 0 Å². The zero-order chi connectivity index (χ0) is 20.0. The Bertz CT molecular complexity index is 1220. The molecule has 2 heteroatoms. The molecule has 0 saturated carbocycles. The summed E-state index contributed by atoms with van der Waals surface area (Å²) in [6.45, 7) is 6.73. The standard InChI is InChI=1S/C27H23NS/c1-27(2,3)19-14-15-28-24(17-19)18-12-13-26-23(16-18)21-9-5-4-8-20(21)22-10-6-7-11-25(22)29-26/h4-17H,1-3H3. The van der Waals surface area contributed by atoms with Crippen molar-refractivity contribution in [1.82, 2.24) is 4.98 Å². The Hall–Kier alpha value is -2.84. The van der Waals surface area contributed by atoms with Gasteiger partial charge in [-0.3, -0.25) is 4.98 Å². The van der Waals surface area contributed by atoms with Crippen LogP contribution < -0.4 is 0 Å². The van der Waals surface area contributed by atoms with Crippen LogP contribution in [0.4, 0.5) is 0 Å². The van der Waals surface area contributed by atoms with E-state index in [1.165, 1.54) is 37.6 Å². The van der Waals surface area contributed by atoms with Crippen LogP contribution in [0.1, 0.15) is 26.3 Å². The molecule has 29 heavy (non-hydrogen) atoms. The van der Waals surface area contributed by atoms with Gasteiger partial charge in [0.2, 0.25) is 0 Å². The van der Waals surface area contributed by atoms with Gasteiger partial charge in [-0.25, -0.2) is 0 Å². The first-order chi connectivity index (χ1) is 14.0. The summed E-state index contributed by atoms with van der Waals surface area (Å²) in [4.78, 5) is 7.28. The van der Waals surface area contributed by atoms with Gasteiger partial charge in [-0.05, 0) is 63.6 Å². The molecule has 0 saturated heterocycles. The number of hydrogen-bond acceptors (Lipinski definition) is 2. The predicted molar refractivity (Wildman–Crippen MR) is 123 cm³/mol. The lowest BCUT2D eigenvalue weighted by molar-refractivity contribution is 0.589. The summed E-state index contributed by atoms with van der Waals surface area (Å²) in [5, 5.41) is 0. The molecule has 3 aromatic carbocycles. The van der Waals surface area contributed by atoms with Gasteiger partial charge in [0.05, 0.1) is 5.69 Å².